The second-order valence-corrected chi connectivity index (χ2v) is 7.25. The number of ether oxygens (including phenoxy) is 1. The quantitative estimate of drug-likeness (QED) is 0.622. The summed E-state index contributed by atoms with van der Waals surface area (Å²) in [5, 5.41) is 0.170. The van der Waals surface area contributed by atoms with Crippen LogP contribution in [0.15, 0.2) is 24.3 Å². The first-order chi connectivity index (χ1) is 10.3. The molecule has 3 rings (SSSR count). The molecule has 0 spiro atoms. The van der Waals surface area contributed by atoms with Gasteiger partial charge in [-0.05, 0) is 61.6 Å². The normalized spacial score (nSPS) is 30.5. The third-order valence-electron chi connectivity index (χ3n) is 5.50. The Morgan fingerprint density at radius 2 is 1.76 bits per heavy atom. The van der Waals surface area contributed by atoms with Gasteiger partial charge in [0.05, 0.1) is 12.0 Å². The third-order valence-corrected chi connectivity index (χ3v) is 6.11. The molecule has 2 aliphatic carbocycles. The second-order valence-electron chi connectivity index (χ2n) is 6.78. The van der Waals surface area contributed by atoms with Crippen LogP contribution in [-0.2, 0) is 0 Å². The molecule has 0 saturated heterocycles. The molecule has 21 heavy (non-hydrogen) atoms. The van der Waals surface area contributed by atoms with Crippen molar-refractivity contribution in [3.63, 3.8) is 0 Å². The molecule has 1 nitrogen and oxygen atoms in total. The van der Waals surface area contributed by atoms with Crippen LogP contribution in [0.25, 0.3) is 0 Å². The predicted octanol–water partition coefficient (Wildman–Crippen LogP) is 5.97. The number of hydrogen-bond donors (Lipinski definition) is 0. The van der Waals surface area contributed by atoms with Crippen molar-refractivity contribution in [3.8, 4) is 5.75 Å². The third kappa shape index (κ3) is 3.56. The zero-order chi connectivity index (χ0) is 14.7. The van der Waals surface area contributed by atoms with Gasteiger partial charge in [-0.1, -0.05) is 37.8 Å². The van der Waals surface area contributed by atoms with E-state index in [-0.39, 0.29) is 5.38 Å². The van der Waals surface area contributed by atoms with Crippen LogP contribution in [0.5, 0.6) is 5.75 Å². The van der Waals surface area contributed by atoms with E-state index < -0.39 is 0 Å². The van der Waals surface area contributed by atoms with E-state index in [2.05, 4.69) is 24.3 Å². The van der Waals surface area contributed by atoms with Crippen molar-refractivity contribution in [3.05, 3.63) is 29.8 Å². The summed E-state index contributed by atoms with van der Waals surface area (Å²) >= 11 is 6.80. The molecular formula is C19H27ClO. The van der Waals surface area contributed by atoms with Crippen LogP contribution in [0.4, 0.5) is 0 Å². The maximum atomic E-state index is 6.80. The monoisotopic (exact) mass is 306 g/mol. The van der Waals surface area contributed by atoms with E-state index in [0.717, 1.165) is 24.2 Å². The average Bonchev–Trinajstić information content (AvgIpc) is 2.55. The van der Waals surface area contributed by atoms with E-state index in [1.807, 2.05) is 6.92 Å². The Labute approximate surface area is 134 Å². The van der Waals surface area contributed by atoms with E-state index in [4.69, 9.17) is 16.3 Å². The van der Waals surface area contributed by atoms with Crippen molar-refractivity contribution < 1.29 is 4.74 Å². The standard InChI is InChI=1S/C19H27ClO/c1-2-21-18-11-9-15(10-12-18)19(20)17-8-7-14-5-3-4-6-16(14)13-17/h9-12,14,16-17,19H,2-8,13H2,1H3. The van der Waals surface area contributed by atoms with Crippen LogP contribution in [0, 0.1) is 17.8 Å². The van der Waals surface area contributed by atoms with Crippen molar-refractivity contribution in [2.45, 2.75) is 57.2 Å². The molecule has 0 aromatic heterocycles. The summed E-state index contributed by atoms with van der Waals surface area (Å²) in [5.41, 5.74) is 1.26. The minimum absolute atomic E-state index is 0.170. The van der Waals surface area contributed by atoms with Gasteiger partial charge in [0.15, 0.2) is 0 Å². The molecule has 2 fully saturated rings. The SMILES string of the molecule is CCOc1ccc(C(Cl)C2CCC3CCCCC3C2)cc1. The van der Waals surface area contributed by atoms with Gasteiger partial charge < -0.3 is 4.74 Å². The Morgan fingerprint density at radius 1 is 1.05 bits per heavy atom. The summed E-state index contributed by atoms with van der Waals surface area (Å²) in [6, 6.07) is 8.41. The maximum Gasteiger partial charge on any atom is 0.119 e. The first-order valence-electron chi connectivity index (χ1n) is 8.64. The molecule has 0 aliphatic heterocycles. The van der Waals surface area contributed by atoms with E-state index in [0.29, 0.717) is 5.92 Å². The topological polar surface area (TPSA) is 9.23 Å². The molecule has 4 unspecified atom stereocenters. The Balaban J connectivity index is 1.63. The molecule has 1 aromatic rings. The fourth-order valence-corrected chi connectivity index (χ4v) is 4.74. The maximum absolute atomic E-state index is 6.80. The van der Waals surface area contributed by atoms with Gasteiger partial charge in [-0.15, -0.1) is 11.6 Å². The molecule has 0 heterocycles. The molecule has 0 radical (unpaired) electrons. The van der Waals surface area contributed by atoms with Crippen molar-refractivity contribution in [2.75, 3.05) is 6.61 Å². The summed E-state index contributed by atoms with van der Waals surface area (Å²) in [4.78, 5) is 0. The zero-order valence-electron chi connectivity index (χ0n) is 13.1. The predicted molar refractivity (Wildman–Crippen MR) is 89.0 cm³/mol. The van der Waals surface area contributed by atoms with E-state index >= 15 is 0 Å². The Kier molecular flexibility index (Phi) is 5.11. The van der Waals surface area contributed by atoms with E-state index in [9.17, 15) is 0 Å². The van der Waals surface area contributed by atoms with Gasteiger partial charge in [0.1, 0.15) is 5.75 Å². The molecule has 0 bridgehead atoms. The highest BCUT2D eigenvalue weighted by molar-refractivity contribution is 6.21. The van der Waals surface area contributed by atoms with Crippen LogP contribution >= 0.6 is 11.6 Å². The molecule has 0 N–H and O–H groups in total. The number of rotatable bonds is 4. The lowest BCUT2D eigenvalue weighted by molar-refractivity contribution is 0.127. The molecule has 2 heteroatoms. The van der Waals surface area contributed by atoms with E-state index in [1.165, 1.54) is 50.5 Å². The van der Waals surface area contributed by atoms with Crippen molar-refractivity contribution in [1.82, 2.24) is 0 Å². The molecule has 2 saturated carbocycles. The number of fused-ring (bicyclic) bond motifs is 1. The number of hydrogen-bond acceptors (Lipinski definition) is 1. The smallest absolute Gasteiger partial charge is 0.119 e. The molecular weight excluding hydrogens is 280 g/mol. The highest BCUT2D eigenvalue weighted by atomic mass is 35.5. The van der Waals surface area contributed by atoms with Gasteiger partial charge in [0.2, 0.25) is 0 Å². The van der Waals surface area contributed by atoms with Gasteiger partial charge in [-0.25, -0.2) is 0 Å². The van der Waals surface area contributed by atoms with Crippen molar-refractivity contribution in [2.24, 2.45) is 17.8 Å². The Hall–Kier alpha value is -0.690. The fourth-order valence-electron chi connectivity index (χ4n) is 4.36. The van der Waals surface area contributed by atoms with Crippen LogP contribution in [-0.4, -0.2) is 6.61 Å². The van der Waals surface area contributed by atoms with Gasteiger partial charge in [0, 0.05) is 0 Å². The first kappa shape index (κ1) is 15.2. The fraction of sp³-hybridized carbons (Fsp3) is 0.684. The number of benzene rings is 1. The summed E-state index contributed by atoms with van der Waals surface area (Å²) in [5.74, 6) is 3.55. The highest BCUT2D eigenvalue weighted by Gasteiger charge is 2.35. The van der Waals surface area contributed by atoms with Crippen LogP contribution < -0.4 is 4.74 Å². The van der Waals surface area contributed by atoms with Gasteiger partial charge in [-0.3, -0.25) is 0 Å². The van der Waals surface area contributed by atoms with Crippen molar-refractivity contribution >= 4 is 11.6 Å². The lowest BCUT2D eigenvalue weighted by Gasteiger charge is -2.40. The summed E-state index contributed by atoms with van der Waals surface area (Å²) in [7, 11) is 0. The molecule has 1 aromatic carbocycles. The number of halogens is 1. The Morgan fingerprint density at radius 3 is 2.48 bits per heavy atom. The second kappa shape index (κ2) is 7.05. The van der Waals surface area contributed by atoms with Crippen LogP contribution in [0.3, 0.4) is 0 Å². The lowest BCUT2D eigenvalue weighted by atomic mass is 9.66. The summed E-state index contributed by atoms with van der Waals surface area (Å²) in [6.45, 7) is 2.73. The largest absolute Gasteiger partial charge is 0.494 e. The van der Waals surface area contributed by atoms with Gasteiger partial charge in [-0.2, -0.15) is 0 Å². The summed E-state index contributed by atoms with van der Waals surface area (Å²) in [6.07, 6.45) is 9.84. The molecule has 0 amide bonds. The molecule has 4 atom stereocenters. The molecule has 2 aliphatic rings. The lowest BCUT2D eigenvalue weighted by Crippen LogP contribution is -2.29. The zero-order valence-corrected chi connectivity index (χ0v) is 13.8. The van der Waals surface area contributed by atoms with Crippen LogP contribution in [0.2, 0.25) is 0 Å². The Bertz CT molecular complexity index is 441. The average molecular weight is 307 g/mol. The minimum atomic E-state index is 0.170. The molecule has 116 valence electrons. The van der Waals surface area contributed by atoms with Gasteiger partial charge in [0.25, 0.3) is 0 Å². The highest BCUT2D eigenvalue weighted by Crippen LogP contribution is 2.47. The van der Waals surface area contributed by atoms with Gasteiger partial charge >= 0.3 is 0 Å². The van der Waals surface area contributed by atoms with E-state index in [1.54, 1.807) is 0 Å². The number of alkyl halides is 1. The first-order valence-corrected chi connectivity index (χ1v) is 9.08. The van der Waals surface area contributed by atoms with Crippen molar-refractivity contribution in [1.29, 1.82) is 0 Å². The minimum Gasteiger partial charge on any atom is -0.494 e. The summed E-state index contributed by atoms with van der Waals surface area (Å²) < 4.78 is 5.51. The van der Waals surface area contributed by atoms with Crippen LogP contribution in [0.1, 0.15) is 62.8 Å².